The lowest BCUT2D eigenvalue weighted by atomic mass is 9.72. The number of rotatable bonds is 2. The number of halogens is 1. The molecule has 1 aromatic carbocycles. The lowest BCUT2D eigenvalue weighted by Gasteiger charge is -2.41. The molecule has 1 aliphatic heterocycles. The van der Waals surface area contributed by atoms with Crippen molar-refractivity contribution >= 4 is 18.4 Å². The lowest BCUT2D eigenvalue weighted by Crippen LogP contribution is -2.52. The Morgan fingerprint density at radius 1 is 1.16 bits per heavy atom. The molecular weight excluding hydrogens is 262 g/mol. The smallest absolute Gasteiger partial charge is 0.316 e. The number of hydrogen-bond acceptors (Lipinski definition) is 3. The maximum Gasteiger partial charge on any atom is 0.316 e. The quantitative estimate of drug-likeness (QED) is 0.669. The van der Waals surface area contributed by atoms with E-state index < -0.39 is 0 Å². The first-order chi connectivity index (χ1) is 8.84. The van der Waals surface area contributed by atoms with Gasteiger partial charge in [0.1, 0.15) is 5.75 Å². The topological polar surface area (TPSA) is 38.3 Å². The number of ether oxygens (including phenoxy) is 1. The molecule has 0 spiro atoms. The average molecular weight is 282 g/mol. The van der Waals surface area contributed by atoms with Gasteiger partial charge < -0.3 is 10.1 Å². The Hall–Kier alpha value is -1.06. The van der Waals surface area contributed by atoms with Crippen LogP contribution in [-0.4, -0.2) is 18.6 Å². The summed E-state index contributed by atoms with van der Waals surface area (Å²) >= 11 is 0. The van der Waals surface area contributed by atoms with Crippen LogP contribution in [0.15, 0.2) is 30.3 Å². The Bertz CT molecular complexity index is 401. The predicted octanol–water partition coefficient (Wildman–Crippen LogP) is 2.79. The van der Waals surface area contributed by atoms with E-state index in [0.717, 1.165) is 19.4 Å². The zero-order valence-corrected chi connectivity index (χ0v) is 11.7. The van der Waals surface area contributed by atoms with Gasteiger partial charge >= 0.3 is 5.97 Å². The van der Waals surface area contributed by atoms with E-state index in [-0.39, 0.29) is 24.3 Å². The van der Waals surface area contributed by atoms with Gasteiger partial charge in [-0.05, 0) is 43.9 Å². The van der Waals surface area contributed by atoms with Gasteiger partial charge in [0.2, 0.25) is 0 Å². The first-order valence-electron chi connectivity index (χ1n) is 6.85. The maximum absolute atomic E-state index is 12.3. The number of piperidine rings is 1. The summed E-state index contributed by atoms with van der Waals surface area (Å²) in [5, 5.41) is 3.47. The predicted molar refractivity (Wildman–Crippen MR) is 76.6 cm³/mol. The van der Waals surface area contributed by atoms with Gasteiger partial charge in [-0.2, -0.15) is 0 Å². The third kappa shape index (κ3) is 3.10. The van der Waals surface area contributed by atoms with Gasteiger partial charge in [0.25, 0.3) is 0 Å². The Morgan fingerprint density at radius 2 is 1.95 bits per heavy atom. The highest BCUT2D eigenvalue weighted by atomic mass is 35.5. The maximum atomic E-state index is 12.3. The normalized spacial score (nSPS) is 29.2. The van der Waals surface area contributed by atoms with Crippen LogP contribution < -0.4 is 10.1 Å². The summed E-state index contributed by atoms with van der Waals surface area (Å²) in [7, 11) is 0. The molecule has 3 rings (SSSR count). The summed E-state index contributed by atoms with van der Waals surface area (Å²) in [6.45, 7) is 1.05. The summed E-state index contributed by atoms with van der Waals surface area (Å²) in [5.41, 5.74) is 0. The van der Waals surface area contributed by atoms with Crippen LogP contribution in [0.25, 0.3) is 0 Å². The molecule has 1 saturated heterocycles. The molecule has 0 radical (unpaired) electrons. The van der Waals surface area contributed by atoms with Crippen molar-refractivity contribution in [2.75, 3.05) is 6.54 Å². The second kappa shape index (κ2) is 6.40. The number of para-hydroxylation sites is 1. The van der Waals surface area contributed by atoms with Crippen molar-refractivity contribution in [1.29, 1.82) is 0 Å². The number of nitrogens with one attached hydrogen (secondary N) is 1. The third-order valence-corrected chi connectivity index (χ3v) is 4.19. The summed E-state index contributed by atoms with van der Waals surface area (Å²) in [5.74, 6) is 1.17. The lowest BCUT2D eigenvalue weighted by molar-refractivity contribution is -0.144. The van der Waals surface area contributed by atoms with Gasteiger partial charge in [0.15, 0.2) is 0 Å². The summed E-state index contributed by atoms with van der Waals surface area (Å²) in [4.78, 5) is 12.3. The molecular formula is C15H20ClNO2. The highest BCUT2D eigenvalue weighted by molar-refractivity contribution is 5.85. The number of hydrogen-bond donors (Lipinski definition) is 1. The average Bonchev–Trinajstić information content (AvgIpc) is 2.39. The van der Waals surface area contributed by atoms with Crippen LogP contribution in [0.5, 0.6) is 5.75 Å². The fraction of sp³-hybridized carbons (Fsp3) is 0.533. The number of esters is 1. The van der Waals surface area contributed by atoms with Crippen LogP contribution in [-0.2, 0) is 4.79 Å². The Kier molecular flexibility index (Phi) is 4.83. The van der Waals surface area contributed by atoms with Crippen LogP contribution in [0.3, 0.4) is 0 Å². The SMILES string of the molecule is Cl.O=C(Oc1ccccc1)[C@@H]1[C@@H]2CCC[C@H]1NCC2. The van der Waals surface area contributed by atoms with Crippen LogP contribution in [0.4, 0.5) is 0 Å². The Labute approximate surface area is 120 Å². The highest BCUT2D eigenvalue weighted by Gasteiger charge is 2.41. The molecule has 19 heavy (non-hydrogen) atoms. The minimum Gasteiger partial charge on any atom is -0.426 e. The largest absolute Gasteiger partial charge is 0.426 e. The van der Waals surface area contributed by atoms with Crippen molar-refractivity contribution in [2.24, 2.45) is 11.8 Å². The third-order valence-electron chi connectivity index (χ3n) is 4.19. The van der Waals surface area contributed by atoms with E-state index in [4.69, 9.17) is 4.74 Å². The van der Waals surface area contributed by atoms with E-state index >= 15 is 0 Å². The number of fused-ring (bicyclic) bond motifs is 2. The van der Waals surface area contributed by atoms with Crippen LogP contribution in [0, 0.1) is 11.8 Å². The van der Waals surface area contributed by atoms with E-state index in [0.29, 0.717) is 17.7 Å². The van der Waals surface area contributed by atoms with Gasteiger partial charge in [0.05, 0.1) is 5.92 Å². The van der Waals surface area contributed by atoms with Crippen molar-refractivity contribution in [3.8, 4) is 5.75 Å². The number of carbonyl (C=O) groups excluding carboxylic acids is 1. The van der Waals surface area contributed by atoms with Crippen molar-refractivity contribution in [1.82, 2.24) is 5.32 Å². The second-order valence-corrected chi connectivity index (χ2v) is 5.30. The second-order valence-electron chi connectivity index (χ2n) is 5.30. The monoisotopic (exact) mass is 281 g/mol. The van der Waals surface area contributed by atoms with Gasteiger partial charge in [-0.1, -0.05) is 24.6 Å². The molecule has 2 bridgehead atoms. The van der Waals surface area contributed by atoms with Gasteiger partial charge in [-0.15, -0.1) is 12.4 Å². The molecule has 1 saturated carbocycles. The molecule has 104 valence electrons. The standard InChI is InChI=1S/C15H19NO2.ClH/c17-15(18-12-6-2-1-3-7-12)14-11-5-4-8-13(14)16-10-9-11;/h1-3,6-7,11,13-14,16H,4-5,8-10H2;1H/t11-,13-,14-;/m1./s1. The molecule has 4 heteroatoms. The minimum absolute atomic E-state index is 0. The van der Waals surface area contributed by atoms with Gasteiger partial charge in [0, 0.05) is 6.04 Å². The minimum atomic E-state index is -0.0527. The zero-order valence-electron chi connectivity index (χ0n) is 10.9. The first kappa shape index (κ1) is 14.4. The Morgan fingerprint density at radius 3 is 2.68 bits per heavy atom. The molecule has 3 nitrogen and oxygen atoms in total. The van der Waals surface area contributed by atoms with Gasteiger partial charge in [-0.3, -0.25) is 4.79 Å². The van der Waals surface area contributed by atoms with Crippen LogP contribution >= 0.6 is 12.4 Å². The fourth-order valence-electron chi connectivity index (χ4n) is 3.32. The molecule has 0 aromatic heterocycles. The van der Waals surface area contributed by atoms with Gasteiger partial charge in [-0.25, -0.2) is 0 Å². The molecule has 0 unspecified atom stereocenters. The molecule has 1 N–H and O–H groups in total. The zero-order chi connectivity index (χ0) is 12.4. The van der Waals surface area contributed by atoms with Crippen LogP contribution in [0.2, 0.25) is 0 Å². The fourth-order valence-corrected chi connectivity index (χ4v) is 3.32. The van der Waals surface area contributed by atoms with E-state index in [1.54, 1.807) is 0 Å². The molecule has 0 amide bonds. The van der Waals surface area contributed by atoms with Crippen molar-refractivity contribution in [3.05, 3.63) is 30.3 Å². The highest BCUT2D eigenvalue weighted by Crippen LogP contribution is 2.36. The number of benzene rings is 1. The van der Waals surface area contributed by atoms with Crippen LogP contribution in [0.1, 0.15) is 25.7 Å². The molecule has 2 fully saturated rings. The molecule has 3 atom stereocenters. The molecule has 1 heterocycles. The van der Waals surface area contributed by atoms with E-state index in [9.17, 15) is 4.79 Å². The summed E-state index contributed by atoms with van der Waals surface area (Å²) in [6, 6.07) is 9.71. The molecule has 1 aromatic rings. The van der Waals surface area contributed by atoms with Crippen molar-refractivity contribution in [3.63, 3.8) is 0 Å². The molecule has 1 aliphatic carbocycles. The number of carbonyl (C=O) groups is 1. The summed E-state index contributed by atoms with van der Waals surface area (Å²) in [6.07, 6.45) is 4.61. The van der Waals surface area contributed by atoms with E-state index in [1.807, 2.05) is 30.3 Å². The first-order valence-corrected chi connectivity index (χ1v) is 6.85. The van der Waals surface area contributed by atoms with Crippen molar-refractivity contribution in [2.45, 2.75) is 31.7 Å². The van der Waals surface area contributed by atoms with E-state index in [2.05, 4.69) is 5.32 Å². The Balaban J connectivity index is 0.00000133. The molecule has 2 aliphatic rings. The van der Waals surface area contributed by atoms with E-state index in [1.165, 1.54) is 12.8 Å². The summed E-state index contributed by atoms with van der Waals surface area (Å²) < 4.78 is 5.51. The van der Waals surface area contributed by atoms with Crippen molar-refractivity contribution < 1.29 is 9.53 Å².